The highest BCUT2D eigenvalue weighted by molar-refractivity contribution is 6.33. The van der Waals surface area contributed by atoms with Crippen LogP contribution in [-0.4, -0.2) is 30.2 Å². The number of halogens is 2. The fourth-order valence-electron chi connectivity index (χ4n) is 2.72. The van der Waals surface area contributed by atoms with Crippen molar-refractivity contribution in [1.29, 1.82) is 0 Å². The van der Waals surface area contributed by atoms with Crippen molar-refractivity contribution in [3.05, 3.63) is 33.8 Å². The first-order valence-corrected chi connectivity index (χ1v) is 7.33. The summed E-state index contributed by atoms with van der Waals surface area (Å²) in [5.41, 5.74) is 2.05. The van der Waals surface area contributed by atoms with Gasteiger partial charge in [0.1, 0.15) is 6.61 Å². The molecule has 3 nitrogen and oxygen atoms in total. The Balaban J connectivity index is 1.62. The molecule has 3 aliphatic heterocycles. The average Bonchev–Trinajstić information content (AvgIpc) is 2.44. The highest BCUT2D eigenvalue weighted by Gasteiger charge is 2.31. The molecule has 3 fully saturated rings. The molecule has 5 heteroatoms. The van der Waals surface area contributed by atoms with Crippen LogP contribution in [-0.2, 0) is 11.4 Å². The lowest BCUT2D eigenvalue weighted by molar-refractivity contribution is 0.118. The highest BCUT2D eigenvalue weighted by atomic mass is 35.5. The molecule has 0 aliphatic carbocycles. The van der Waals surface area contributed by atoms with Gasteiger partial charge in [0.15, 0.2) is 0 Å². The minimum absolute atomic E-state index is 0.371. The van der Waals surface area contributed by atoms with Crippen LogP contribution in [0.25, 0.3) is 0 Å². The van der Waals surface area contributed by atoms with Crippen molar-refractivity contribution in [3.63, 3.8) is 0 Å². The third kappa shape index (κ3) is 3.04. The Morgan fingerprint density at radius 2 is 2.05 bits per heavy atom. The Labute approximate surface area is 123 Å². The summed E-state index contributed by atoms with van der Waals surface area (Å²) in [5, 5.41) is 5.64. The van der Waals surface area contributed by atoms with Crippen molar-refractivity contribution in [2.75, 3.05) is 19.6 Å². The maximum Gasteiger partial charge on any atom is 0.143 e. The van der Waals surface area contributed by atoms with Gasteiger partial charge in [-0.3, -0.25) is 4.90 Å². The fraction of sp³-hybridized carbons (Fsp3) is 0.500. The molecule has 0 N–H and O–H groups in total. The zero-order valence-electron chi connectivity index (χ0n) is 10.6. The molecule has 0 radical (unpaired) electrons. The van der Waals surface area contributed by atoms with Crippen LogP contribution in [0, 0.1) is 5.92 Å². The number of piperidine rings is 3. The predicted octanol–water partition coefficient (Wildman–Crippen LogP) is 3.59. The number of rotatable bonds is 3. The van der Waals surface area contributed by atoms with Crippen molar-refractivity contribution < 1.29 is 4.84 Å². The molecular weight excluding hydrogens is 283 g/mol. The molecule has 1 aromatic rings. The SMILES string of the molecule is Clc1ccc(Cl)c(CO/N=C2/CN3CCC2CC3)c1. The van der Waals surface area contributed by atoms with Crippen molar-refractivity contribution in [2.24, 2.45) is 11.1 Å². The van der Waals surface area contributed by atoms with Gasteiger partial charge in [0.2, 0.25) is 0 Å². The zero-order valence-corrected chi connectivity index (χ0v) is 12.1. The van der Waals surface area contributed by atoms with Gasteiger partial charge in [-0.25, -0.2) is 0 Å². The highest BCUT2D eigenvalue weighted by Crippen LogP contribution is 2.26. The van der Waals surface area contributed by atoms with Gasteiger partial charge in [0.25, 0.3) is 0 Å². The summed E-state index contributed by atoms with van der Waals surface area (Å²) in [6, 6.07) is 5.37. The Morgan fingerprint density at radius 3 is 2.74 bits per heavy atom. The van der Waals surface area contributed by atoms with Crippen LogP contribution in [0.1, 0.15) is 18.4 Å². The molecular formula is C14H16Cl2N2O. The Bertz CT molecular complexity index is 496. The third-order valence-corrected chi connectivity index (χ3v) is 4.46. The summed E-state index contributed by atoms with van der Waals surface area (Å²) in [7, 11) is 0. The standard InChI is InChI=1S/C14H16Cl2N2O/c15-12-1-2-13(16)11(7-12)9-19-17-14-8-18-5-3-10(14)4-6-18/h1-2,7,10H,3-6,8-9H2/b17-14-. The molecule has 0 amide bonds. The van der Waals surface area contributed by atoms with Crippen LogP contribution in [0.5, 0.6) is 0 Å². The second kappa shape index (κ2) is 5.70. The lowest BCUT2D eigenvalue weighted by Crippen LogP contribution is -2.47. The van der Waals surface area contributed by atoms with E-state index in [4.69, 9.17) is 28.0 Å². The Kier molecular flexibility index (Phi) is 3.96. The summed E-state index contributed by atoms with van der Waals surface area (Å²) in [6.07, 6.45) is 2.42. The maximum atomic E-state index is 6.09. The summed E-state index contributed by atoms with van der Waals surface area (Å²) in [5.74, 6) is 0.611. The van der Waals surface area contributed by atoms with E-state index in [0.717, 1.165) is 12.1 Å². The number of nitrogens with zero attached hydrogens (tertiary/aromatic N) is 2. The number of oxime groups is 1. The van der Waals surface area contributed by atoms with Crippen molar-refractivity contribution in [3.8, 4) is 0 Å². The van der Waals surface area contributed by atoms with Crippen LogP contribution in [0.15, 0.2) is 23.4 Å². The monoisotopic (exact) mass is 298 g/mol. The number of hydrogen-bond acceptors (Lipinski definition) is 3. The van der Waals surface area contributed by atoms with Crippen LogP contribution >= 0.6 is 23.2 Å². The number of benzene rings is 1. The van der Waals surface area contributed by atoms with E-state index in [0.29, 0.717) is 22.6 Å². The van der Waals surface area contributed by atoms with E-state index >= 15 is 0 Å². The lowest BCUT2D eigenvalue weighted by atomic mass is 9.87. The molecule has 2 bridgehead atoms. The van der Waals surface area contributed by atoms with Gasteiger partial charge in [-0.15, -0.1) is 0 Å². The summed E-state index contributed by atoms with van der Waals surface area (Å²) < 4.78 is 0. The predicted molar refractivity (Wildman–Crippen MR) is 77.9 cm³/mol. The van der Waals surface area contributed by atoms with E-state index in [-0.39, 0.29) is 0 Å². The molecule has 3 aliphatic rings. The van der Waals surface area contributed by atoms with Gasteiger partial charge >= 0.3 is 0 Å². The topological polar surface area (TPSA) is 24.8 Å². The molecule has 0 atom stereocenters. The first-order chi connectivity index (χ1) is 9.22. The number of fused-ring (bicyclic) bond motifs is 3. The second-order valence-corrected chi connectivity index (χ2v) is 5.99. The van der Waals surface area contributed by atoms with Gasteiger partial charge < -0.3 is 4.84 Å². The average molecular weight is 299 g/mol. The lowest BCUT2D eigenvalue weighted by Gasteiger charge is -2.39. The summed E-state index contributed by atoms with van der Waals surface area (Å²) in [4.78, 5) is 7.89. The minimum Gasteiger partial charge on any atom is -0.391 e. The van der Waals surface area contributed by atoms with Gasteiger partial charge in [-0.05, 0) is 44.1 Å². The summed E-state index contributed by atoms with van der Waals surface area (Å²) >= 11 is 12.0. The molecule has 0 aromatic heterocycles. The van der Waals surface area contributed by atoms with Crippen molar-refractivity contribution >= 4 is 28.9 Å². The van der Waals surface area contributed by atoms with E-state index in [1.807, 2.05) is 6.07 Å². The molecule has 3 heterocycles. The van der Waals surface area contributed by atoms with Crippen LogP contribution in [0.4, 0.5) is 0 Å². The first kappa shape index (κ1) is 13.2. The first-order valence-electron chi connectivity index (χ1n) is 6.57. The molecule has 19 heavy (non-hydrogen) atoms. The van der Waals surface area contributed by atoms with Gasteiger partial charge in [-0.1, -0.05) is 28.4 Å². The maximum absolute atomic E-state index is 6.09. The normalized spacial score (nSPS) is 27.8. The van der Waals surface area contributed by atoms with E-state index in [1.165, 1.54) is 31.6 Å². The van der Waals surface area contributed by atoms with Crippen LogP contribution in [0.2, 0.25) is 10.0 Å². The number of hydrogen-bond donors (Lipinski definition) is 0. The smallest absolute Gasteiger partial charge is 0.143 e. The largest absolute Gasteiger partial charge is 0.391 e. The van der Waals surface area contributed by atoms with Crippen molar-refractivity contribution in [1.82, 2.24) is 4.90 Å². The quantitative estimate of drug-likeness (QED) is 0.797. The van der Waals surface area contributed by atoms with Crippen LogP contribution in [0.3, 0.4) is 0 Å². The van der Waals surface area contributed by atoms with Gasteiger partial charge in [0, 0.05) is 28.1 Å². The molecule has 1 aromatic carbocycles. The minimum atomic E-state index is 0.371. The van der Waals surface area contributed by atoms with Crippen LogP contribution < -0.4 is 0 Å². The van der Waals surface area contributed by atoms with Gasteiger partial charge in [0.05, 0.1) is 5.71 Å². The molecule has 0 unspecified atom stereocenters. The summed E-state index contributed by atoms with van der Waals surface area (Å²) in [6.45, 7) is 3.72. The Morgan fingerprint density at radius 1 is 1.26 bits per heavy atom. The molecule has 4 rings (SSSR count). The molecule has 102 valence electrons. The van der Waals surface area contributed by atoms with E-state index < -0.39 is 0 Å². The second-order valence-electron chi connectivity index (χ2n) is 5.14. The fourth-order valence-corrected chi connectivity index (χ4v) is 3.09. The third-order valence-electron chi connectivity index (χ3n) is 3.85. The zero-order chi connectivity index (χ0) is 13.2. The van der Waals surface area contributed by atoms with Gasteiger partial charge in [-0.2, -0.15) is 0 Å². The van der Waals surface area contributed by atoms with E-state index in [2.05, 4.69) is 10.1 Å². The molecule has 0 saturated carbocycles. The van der Waals surface area contributed by atoms with E-state index in [1.54, 1.807) is 12.1 Å². The Hall–Kier alpha value is -0.770. The van der Waals surface area contributed by atoms with Crippen molar-refractivity contribution in [2.45, 2.75) is 19.4 Å². The molecule has 0 spiro atoms. The van der Waals surface area contributed by atoms with E-state index in [9.17, 15) is 0 Å². The molecule has 3 saturated heterocycles.